The summed E-state index contributed by atoms with van der Waals surface area (Å²) in [4.78, 5) is 16.6. The van der Waals surface area contributed by atoms with E-state index in [9.17, 15) is 9.18 Å². The van der Waals surface area contributed by atoms with Gasteiger partial charge in [-0.3, -0.25) is 9.78 Å². The molecule has 2 N–H and O–H groups in total. The minimum Gasteiger partial charge on any atom is -0.497 e. The minimum atomic E-state index is -0.277. The number of anilines is 2. The van der Waals surface area contributed by atoms with E-state index in [1.54, 1.807) is 56.8 Å². The van der Waals surface area contributed by atoms with Crippen LogP contribution < -0.4 is 20.1 Å². The van der Waals surface area contributed by atoms with Crippen molar-refractivity contribution in [1.82, 2.24) is 10.3 Å². The highest BCUT2D eigenvalue weighted by Gasteiger charge is 2.09. The van der Waals surface area contributed by atoms with E-state index >= 15 is 0 Å². The molecule has 0 radical (unpaired) electrons. The number of pyridine rings is 1. The highest BCUT2D eigenvalue weighted by Crippen LogP contribution is 2.31. The van der Waals surface area contributed by atoms with Gasteiger partial charge in [0.15, 0.2) is 0 Å². The van der Waals surface area contributed by atoms with Gasteiger partial charge in [0.1, 0.15) is 17.3 Å². The van der Waals surface area contributed by atoms with Crippen molar-refractivity contribution >= 4 is 17.3 Å². The van der Waals surface area contributed by atoms with E-state index in [2.05, 4.69) is 15.6 Å². The molecule has 0 saturated carbocycles. The Morgan fingerprint density at radius 3 is 2.55 bits per heavy atom. The summed E-state index contributed by atoms with van der Waals surface area (Å²) in [6.07, 6.45) is 3.73. The van der Waals surface area contributed by atoms with Gasteiger partial charge < -0.3 is 20.1 Å². The van der Waals surface area contributed by atoms with Crippen molar-refractivity contribution in [3.63, 3.8) is 0 Å². The van der Waals surface area contributed by atoms with Gasteiger partial charge in [-0.25, -0.2) is 4.39 Å². The number of rotatable bonds is 8. The third-order valence-corrected chi connectivity index (χ3v) is 4.30. The molecule has 1 aromatic heterocycles. The van der Waals surface area contributed by atoms with Crippen LogP contribution in [0.2, 0.25) is 0 Å². The van der Waals surface area contributed by atoms with E-state index in [1.807, 2.05) is 0 Å². The van der Waals surface area contributed by atoms with Crippen LogP contribution >= 0.6 is 0 Å². The molecule has 2 aromatic carbocycles. The fraction of sp³-hybridized carbons (Fsp3) is 0.182. The molecule has 7 heteroatoms. The summed E-state index contributed by atoms with van der Waals surface area (Å²) in [6.45, 7) is 0.436. The van der Waals surface area contributed by atoms with Crippen molar-refractivity contribution in [2.45, 2.75) is 6.42 Å². The summed E-state index contributed by atoms with van der Waals surface area (Å²) in [5.74, 6) is 0.803. The lowest BCUT2D eigenvalue weighted by Gasteiger charge is -2.13. The molecular formula is C22H22FN3O3. The van der Waals surface area contributed by atoms with Crippen LogP contribution in [0.4, 0.5) is 15.8 Å². The lowest BCUT2D eigenvalue weighted by molar-refractivity contribution is 0.0954. The van der Waals surface area contributed by atoms with Crippen LogP contribution in [0.5, 0.6) is 11.5 Å². The number of benzene rings is 2. The quantitative estimate of drug-likeness (QED) is 0.604. The molecule has 1 amide bonds. The maximum atomic E-state index is 12.9. The van der Waals surface area contributed by atoms with Gasteiger partial charge in [0.05, 0.1) is 37.4 Å². The first-order valence-electron chi connectivity index (χ1n) is 9.06. The summed E-state index contributed by atoms with van der Waals surface area (Å²) in [6, 6.07) is 13.3. The van der Waals surface area contributed by atoms with Crippen LogP contribution in [-0.4, -0.2) is 31.7 Å². The van der Waals surface area contributed by atoms with Gasteiger partial charge in [0, 0.05) is 18.8 Å². The zero-order valence-electron chi connectivity index (χ0n) is 16.2. The molecule has 0 spiro atoms. The first-order valence-corrected chi connectivity index (χ1v) is 9.06. The standard InChI is InChI=1S/C22H22FN3O3/c1-28-19-7-8-21(29-2)20(12-19)26-18-11-16(13-24-14-18)22(27)25-10-9-15-3-5-17(23)6-4-15/h3-8,11-14,26H,9-10H2,1-2H3,(H,25,27). The second-order valence-corrected chi connectivity index (χ2v) is 6.29. The van der Waals surface area contributed by atoms with E-state index in [-0.39, 0.29) is 11.7 Å². The van der Waals surface area contributed by atoms with E-state index in [1.165, 1.54) is 18.3 Å². The average molecular weight is 395 g/mol. The lowest BCUT2D eigenvalue weighted by Crippen LogP contribution is -2.25. The van der Waals surface area contributed by atoms with Gasteiger partial charge in [-0.2, -0.15) is 0 Å². The van der Waals surface area contributed by atoms with Crippen molar-refractivity contribution in [2.75, 3.05) is 26.1 Å². The molecule has 1 heterocycles. The lowest BCUT2D eigenvalue weighted by atomic mass is 10.1. The third kappa shape index (κ3) is 5.44. The molecule has 0 atom stereocenters. The first kappa shape index (κ1) is 20.1. The van der Waals surface area contributed by atoms with Crippen molar-refractivity contribution < 1.29 is 18.7 Å². The van der Waals surface area contributed by atoms with Crippen molar-refractivity contribution in [3.8, 4) is 11.5 Å². The second kappa shape index (κ2) is 9.54. The molecule has 0 unspecified atom stereocenters. The van der Waals surface area contributed by atoms with Gasteiger partial charge in [-0.1, -0.05) is 12.1 Å². The number of nitrogens with one attached hydrogen (secondary N) is 2. The van der Waals surface area contributed by atoms with Gasteiger partial charge >= 0.3 is 0 Å². The molecule has 0 saturated heterocycles. The van der Waals surface area contributed by atoms with Gasteiger partial charge in [-0.15, -0.1) is 0 Å². The maximum absolute atomic E-state index is 12.9. The Labute approximate surface area is 168 Å². The molecule has 3 aromatic rings. The highest BCUT2D eigenvalue weighted by molar-refractivity contribution is 5.94. The van der Waals surface area contributed by atoms with Crippen LogP contribution in [0, 0.1) is 5.82 Å². The molecule has 3 rings (SSSR count). The SMILES string of the molecule is COc1ccc(OC)c(Nc2cncc(C(=O)NCCc3ccc(F)cc3)c2)c1. The van der Waals surface area contributed by atoms with Crippen molar-refractivity contribution in [1.29, 1.82) is 0 Å². The van der Waals surface area contributed by atoms with Crippen LogP contribution in [0.15, 0.2) is 60.9 Å². The number of ether oxygens (including phenoxy) is 2. The predicted molar refractivity (Wildman–Crippen MR) is 110 cm³/mol. The van der Waals surface area contributed by atoms with Gasteiger partial charge in [0.2, 0.25) is 0 Å². The Hall–Kier alpha value is -3.61. The zero-order chi connectivity index (χ0) is 20.6. The molecule has 0 aliphatic rings. The number of carbonyl (C=O) groups is 1. The van der Waals surface area contributed by atoms with Crippen LogP contribution in [0.1, 0.15) is 15.9 Å². The Balaban J connectivity index is 1.64. The smallest absolute Gasteiger partial charge is 0.252 e. The normalized spacial score (nSPS) is 10.3. The number of hydrogen-bond acceptors (Lipinski definition) is 5. The molecule has 0 aliphatic carbocycles. The average Bonchev–Trinajstić information content (AvgIpc) is 2.75. The zero-order valence-corrected chi connectivity index (χ0v) is 16.2. The number of methoxy groups -OCH3 is 2. The number of nitrogens with zero attached hydrogens (tertiary/aromatic N) is 1. The predicted octanol–water partition coefficient (Wildman–Crippen LogP) is 3.95. The highest BCUT2D eigenvalue weighted by atomic mass is 19.1. The van der Waals surface area contributed by atoms with Crippen LogP contribution in [0.25, 0.3) is 0 Å². The third-order valence-electron chi connectivity index (χ3n) is 4.30. The summed E-state index contributed by atoms with van der Waals surface area (Å²) in [7, 11) is 3.17. The molecule has 0 bridgehead atoms. The van der Waals surface area contributed by atoms with Crippen LogP contribution in [-0.2, 0) is 6.42 Å². The minimum absolute atomic E-state index is 0.235. The van der Waals surface area contributed by atoms with E-state index in [0.717, 1.165) is 5.56 Å². The maximum Gasteiger partial charge on any atom is 0.252 e. The first-order chi connectivity index (χ1) is 14.1. The molecule has 29 heavy (non-hydrogen) atoms. The van der Waals surface area contributed by atoms with Crippen LogP contribution in [0.3, 0.4) is 0 Å². The van der Waals surface area contributed by atoms with Gasteiger partial charge in [-0.05, 0) is 42.3 Å². The number of amides is 1. The topological polar surface area (TPSA) is 72.5 Å². The van der Waals surface area contributed by atoms with E-state index < -0.39 is 0 Å². The number of hydrogen-bond donors (Lipinski definition) is 2. The summed E-state index contributed by atoms with van der Waals surface area (Å²) in [5.41, 5.74) is 2.71. The summed E-state index contributed by atoms with van der Waals surface area (Å²) < 4.78 is 23.5. The van der Waals surface area contributed by atoms with Crippen molar-refractivity contribution in [3.05, 3.63) is 77.9 Å². The Morgan fingerprint density at radius 1 is 1.03 bits per heavy atom. The largest absolute Gasteiger partial charge is 0.497 e. The number of halogens is 1. The monoisotopic (exact) mass is 395 g/mol. The summed E-state index contributed by atoms with van der Waals surface area (Å²) >= 11 is 0. The molecule has 0 fully saturated rings. The summed E-state index contributed by atoms with van der Waals surface area (Å²) in [5, 5.41) is 6.05. The molecule has 150 valence electrons. The Morgan fingerprint density at radius 2 is 1.83 bits per heavy atom. The number of aromatic nitrogens is 1. The van der Waals surface area contributed by atoms with Crippen molar-refractivity contribution in [2.24, 2.45) is 0 Å². The Bertz CT molecular complexity index is 977. The van der Waals surface area contributed by atoms with E-state index in [0.29, 0.717) is 41.4 Å². The molecule has 6 nitrogen and oxygen atoms in total. The second-order valence-electron chi connectivity index (χ2n) is 6.29. The number of carbonyl (C=O) groups excluding carboxylic acids is 1. The van der Waals surface area contributed by atoms with Gasteiger partial charge in [0.25, 0.3) is 5.91 Å². The fourth-order valence-corrected chi connectivity index (χ4v) is 2.77. The fourth-order valence-electron chi connectivity index (χ4n) is 2.77. The molecule has 0 aliphatic heterocycles. The molecular weight excluding hydrogens is 373 g/mol. The Kier molecular flexibility index (Phi) is 6.63. The van der Waals surface area contributed by atoms with E-state index in [4.69, 9.17) is 9.47 Å².